The van der Waals surface area contributed by atoms with Crippen LogP contribution >= 0.6 is 22.3 Å². The Morgan fingerprint density at radius 1 is 1.24 bits per heavy atom. The molecule has 17 heavy (non-hydrogen) atoms. The summed E-state index contributed by atoms with van der Waals surface area (Å²) in [5.41, 5.74) is 0.327. The molecule has 1 aromatic heterocycles. The Hall–Kier alpha value is -1.17. The number of para-hydroxylation sites is 1. The highest BCUT2D eigenvalue weighted by Crippen LogP contribution is 2.26. The summed E-state index contributed by atoms with van der Waals surface area (Å²) in [7, 11) is 1.37. The van der Waals surface area contributed by atoms with Gasteiger partial charge in [0.25, 0.3) is 14.3 Å². The number of pyridine rings is 1. The van der Waals surface area contributed by atoms with Crippen molar-refractivity contribution in [2.75, 3.05) is 0 Å². The van der Waals surface area contributed by atoms with E-state index in [1.807, 2.05) is 0 Å². The van der Waals surface area contributed by atoms with Crippen LogP contribution in [-0.2, 0) is 9.05 Å². The van der Waals surface area contributed by atoms with Crippen LogP contribution in [0.5, 0.6) is 0 Å². The smallest absolute Gasteiger partial charge is 0.263 e. The zero-order valence-corrected chi connectivity index (χ0v) is 10.6. The van der Waals surface area contributed by atoms with E-state index in [-0.39, 0.29) is 16.0 Å². The van der Waals surface area contributed by atoms with Crippen LogP contribution in [0.3, 0.4) is 0 Å². The average Bonchev–Trinajstić information content (AvgIpc) is 2.26. The highest BCUT2D eigenvalue weighted by Gasteiger charge is 2.17. The van der Waals surface area contributed by atoms with Crippen LogP contribution in [0.4, 0.5) is 0 Å². The molecule has 88 valence electrons. The highest BCUT2D eigenvalue weighted by atomic mass is 35.7. The number of benzene rings is 1. The van der Waals surface area contributed by atoms with Crippen LogP contribution < -0.4 is 0 Å². The predicted molar refractivity (Wildman–Crippen MR) is 65.0 cm³/mol. The molecule has 0 aliphatic rings. The van der Waals surface area contributed by atoms with Crippen LogP contribution in [0, 0.1) is 0 Å². The minimum Gasteiger partial charge on any atom is -0.276 e. The molecule has 0 saturated carbocycles. The maximum atomic E-state index is 11.3. The monoisotopic (exact) mass is 289 g/mol. The first-order valence-electron chi connectivity index (χ1n) is 4.43. The lowest BCUT2D eigenvalue weighted by atomic mass is 10.1. The minimum absolute atomic E-state index is 0.133. The van der Waals surface area contributed by atoms with E-state index in [0.29, 0.717) is 5.39 Å². The molecular formula is C10H5Cl2NO3S. The van der Waals surface area contributed by atoms with Crippen molar-refractivity contribution in [2.45, 2.75) is 4.90 Å². The van der Waals surface area contributed by atoms with Gasteiger partial charge in [-0.25, -0.2) is 8.42 Å². The van der Waals surface area contributed by atoms with E-state index in [4.69, 9.17) is 22.3 Å². The third-order valence-electron chi connectivity index (χ3n) is 2.21. The number of aromatic nitrogens is 1. The molecule has 0 aliphatic heterocycles. The summed E-state index contributed by atoms with van der Waals surface area (Å²) in [5, 5.41) is -0.323. The molecule has 0 N–H and O–H groups in total. The van der Waals surface area contributed by atoms with E-state index >= 15 is 0 Å². The van der Waals surface area contributed by atoms with Crippen molar-refractivity contribution >= 4 is 47.5 Å². The lowest BCUT2D eigenvalue weighted by Gasteiger charge is -2.04. The van der Waals surface area contributed by atoms with Gasteiger partial charge in [-0.15, -0.1) is 0 Å². The molecule has 1 aromatic carbocycles. The van der Waals surface area contributed by atoms with E-state index < -0.39 is 14.3 Å². The summed E-state index contributed by atoms with van der Waals surface area (Å²) in [6.45, 7) is 0. The van der Waals surface area contributed by atoms with Crippen molar-refractivity contribution in [1.29, 1.82) is 0 Å². The summed E-state index contributed by atoms with van der Waals surface area (Å²) in [4.78, 5) is 14.9. The van der Waals surface area contributed by atoms with Crippen molar-refractivity contribution in [3.63, 3.8) is 0 Å². The van der Waals surface area contributed by atoms with Crippen molar-refractivity contribution in [3.05, 3.63) is 36.0 Å². The second-order valence-corrected chi connectivity index (χ2v) is 6.10. The Balaban J connectivity index is 2.94. The zero-order chi connectivity index (χ0) is 12.6. The van der Waals surface area contributed by atoms with Crippen molar-refractivity contribution in [3.8, 4) is 0 Å². The Morgan fingerprint density at radius 3 is 2.53 bits per heavy atom. The largest absolute Gasteiger partial charge is 0.276 e. The molecule has 1 heterocycles. The molecule has 0 spiro atoms. The molecule has 0 bridgehead atoms. The molecule has 2 rings (SSSR count). The topological polar surface area (TPSA) is 64.1 Å². The fourth-order valence-electron chi connectivity index (χ4n) is 1.52. The quantitative estimate of drug-likeness (QED) is 0.797. The van der Waals surface area contributed by atoms with Crippen LogP contribution in [0.2, 0.25) is 0 Å². The number of halogens is 2. The summed E-state index contributed by atoms with van der Waals surface area (Å²) < 4.78 is 22.7. The predicted octanol–water partition coefficient (Wildman–Crippen LogP) is 2.54. The van der Waals surface area contributed by atoms with Crippen LogP contribution in [0.1, 0.15) is 10.4 Å². The first-order valence-corrected chi connectivity index (χ1v) is 7.12. The SMILES string of the molecule is O=C(Cl)c1ccnc2c(S(=O)(=O)Cl)cccc12. The van der Waals surface area contributed by atoms with E-state index in [9.17, 15) is 13.2 Å². The van der Waals surface area contributed by atoms with Gasteiger partial charge in [-0.2, -0.15) is 0 Å². The number of nitrogens with zero attached hydrogens (tertiary/aromatic N) is 1. The molecule has 0 radical (unpaired) electrons. The van der Waals surface area contributed by atoms with Gasteiger partial charge in [0.1, 0.15) is 4.90 Å². The molecule has 0 atom stereocenters. The molecule has 0 aliphatic carbocycles. The number of hydrogen-bond donors (Lipinski definition) is 0. The van der Waals surface area contributed by atoms with E-state index in [0.717, 1.165) is 0 Å². The van der Waals surface area contributed by atoms with Gasteiger partial charge in [0.05, 0.1) is 5.52 Å². The summed E-state index contributed by atoms with van der Waals surface area (Å²) in [5.74, 6) is 0. The molecule has 0 saturated heterocycles. The fraction of sp³-hybridized carbons (Fsp3) is 0. The molecule has 0 fully saturated rings. The number of carbonyl (C=O) groups excluding carboxylic acids is 1. The second kappa shape index (κ2) is 4.25. The average molecular weight is 290 g/mol. The van der Waals surface area contributed by atoms with Gasteiger partial charge in [0.15, 0.2) is 0 Å². The number of rotatable bonds is 2. The lowest BCUT2D eigenvalue weighted by Crippen LogP contribution is -1.98. The third-order valence-corrected chi connectivity index (χ3v) is 3.77. The van der Waals surface area contributed by atoms with Crippen LogP contribution in [-0.4, -0.2) is 18.6 Å². The fourth-order valence-corrected chi connectivity index (χ4v) is 2.69. The molecule has 0 amide bonds. The van der Waals surface area contributed by atoms with E-state index in [1.165, 1.54) is 24.4 Å². The van der Waals surface area contributed by atoms with Gasteiger partial charge in [-0.3, -0.25) is 9.78 Å². The highest BCUT2D eigenvalue weighted by molar-refractivity contribution is 8.14. The maximum Gasteiger partial charge on any atom is 0.263 e. The second-order valence-electron chi connectivity index (χ2n) is 3.22. The number of hydrogen-bond acceptors (Lipinski definition) is 4. The standard InChI is InChI=1S/C10H5Cl2NO3S/c11-10(14)7-4-5-13-9-6(7)2-1-3-8(9)17(12,15)16/h1-5H. The number of fused-ring (bicyclic) bond motifs is 1. The molecule has 2 aromatic rings. The van der Waals surface area contributed by atoms with Gasteiger partial charge < -0.3 is 0 Å². The summed E-state index contributed by atoms with van der Waals surface area (Å²) in [6.07, 6.45) is 1.31. The van der Waals surface area contributed by atoms with Crippen LogP contribution in [0.25, 0.3) is 10.9 Å². The van der Waals surface area contributed by atoms with Crippen molar-refractivity contribution < 1.29 is 13.2 Å². The first-order chi connectivity index (χ1) is 7.91. The maximum absolute atomic E-state index is 11.3. The summed E-state index contributed by atoms with van der Waals surface area (Å²) >= 11 is 5.40. The molecular weight excluding hydrogens is 285 g/mol. The minimum atomic E-state index is -3.92. The zero-order valence-electron chi connectivity index (χ0n) is 8.22. The Bertz CT molecular complexity index is 713. The van der Waals surface area contributed by atoms with Gasteiger partial charge in [-0.1, -0.05) is 12.1 Å². The van der Waals surface area contributed by atoms with Crippen molar-refractivity contribution in [2.24, 2.45) is 0 Å². The van der Waals surface area contributed by atoms with E-state index in [1.54, 1.807) is 6.07 Å². The molecule has 7 heteroatoms. The van der Waals surface area contributed by atoms with E-state index in [2.05, 4.69) is 4.98 Å². The summed E-state index contributed by atoms with van der Waals surface area (Å²) in [6, 6.07) is 5.77. The van der Waals surface area contributed by atoms with Gasteiger partial charge in [0.2, 0.25) is 0 Å². The Kier molecular flexibility index (Phi) is 3.07. The Morgan fingerprint density at radius 2 is 1.94 bits per heavy atom. The number of carbonyl (C=O) groups is 1. The van der Waals surface area contributed by atoms with Gasteiger partial charge in [-0.05, 0) is 23.7 Å². The van der Waals surface area contributed by atoms with Crippen molar-refractivity contribution in [1.82, 2.24) is 4.98 Å². The third kappa shape index (κ3) is 2.26. The lowest BCUT2D eigenvalue weighted by molar-refractivity contribution is 0.108. The van der Waals surface area contributed by atoms with Gasteiger partial charge in [0, 0.05) is 27.8 Å². The first kappa shape index (κ1) is 12.3. The molecule has 0 unspecified atom stereocenters. The molecule has 4 nitrogen and oxygen atoms in total. The Labute approximate surface area is 107 Å². The van der Waals surface area contributed by atoms with Gasteiger partial charge >= 0.3 is 0 Å². The normalized spacial score (nSPS) is 11.6. The van der Waals surface area contributed by atoms with Crippen LogP contribution in [0.15, 0.2) is 35.4 Å².